The second kappa shape index (κ2) is 10.2. The molecule has 4 nitrogen and oxygen atoms in total. The van der Waals surface area contributed by atoms with Gasteiger partial charge >= 0.3 is 0 Å². The second-order valence-corrected chi connectivity index (χ2v) is 6.44. The van der Waals surface area contributed by atoms with E-state index in [0.717, 1.165) is 24.3 Å². The first-order valence-corrected chi connectivity index (χ1v) is 9.55. The van der Waals surface area contributed by atoms with Gasteiger partial charge < -0.3 is 14.8 Å². The van der Waals surface area contributed by atoms with Crippen molar-refractivity contribution in [3.63, 3.8) is 0 Å². The normalized spacial score (nSPS) is 10.3. The third-order valence-electron chi connectivity index (χ3n) is 4.18. The minimum atomic E-state index is -0.167. The molecule has 0 bridgehead atoms. The fraction of sp³-hybridized carbons (Fsp3) is 0.208. The summed E-state index contributed by atoms with van der Waals surface area (Å²) in [6, 6.07) is 24.8. The molecule has 0 aliphatic rings. The van der Waals surface area contributed by atoms with E-state index in [9.17, 15) is 4.79 Å². The monoisotopic (exact) mass is 375 g/mol. The van der Waals surface area contributed by atoms with E-state index in [4.69, 9.17) is 9.47 Å². The quantitative estimate of drug-likeness (QED) is 0.548. The Hall–Kier alpha value is -3.27. The van der Waals surface area contributed by atoms with Gasteiger partial charge in [0.2, 0.25) is 0 Å². The van der Waals surface area contributed by atoms with Crippen LogP contribution in [0.25, 0.3) is 0 Å². The molecule has 3 aromatic carbocycles. The van der Waals surface area contributed by atoms with Crippen molar-refractivity contribution in [1.82, 2.24) is 0 Å². The molecule has 0 saturated carbocycles. The molecule has 0 saturated heterocycles. The number of hydrogen-bond acceptors (Lipinski definition) is 3. The summed E-state index contributed by atoms with van der Waals surface area (Å²) in [6.45, 7) is 3.29. The first-order chi connectivity index (χ1) is 13.7. The highest BCUT2D eigenvalue weighted by atomic mass is 16.5. The van der Waals surface area contributed by atoms with Crippen molar-refractivity contribution < 1.29 is 14.3 Å². The molecule has 0 atom stereocenters. The van der Waals surface area contributed by atoms with Gasteiger partial charge in [-0.1, -0.05) is 43.3 Å². The molecule has 1 amide bonds. The predicted octanol–water partition coefficient (Wildman–Crippen LogP) is 5.35. The van der Waals surface area contributed by atoms with E-state index in [2.05, 4.69) is 17.4 Å². The van der Waals surface area contributed by atoms with Crippen LogP contribution in [0.1, 0.15) is 29.3 Å². The van der Waals surface area contributed by atoms with Crippen LogP contribution in [-0.2, 0) is 6.42 Å². The molecule has 144 valence electrons. The third-order valence-corrected chi connectivity index (χ3v) is 4.18. The van der Waals surface area contributed by atoms with Crippen LogP contribution in [0.5, 0.6) is 11.5 Å². The van der Waals surface area contributed by atoms with Gasteiger partial charge in [0.1, 0.15) is 11.5 Å². The number of benzene rings is 3. The van der Waals surface area contributed by atoms with E-state index in [1.165, 1.54) is 5.56 Å². The van der Waals surface area contributed by atoms with Gasteiger partial charge in [0.25, 0.3) is 5.91 Å². The number of hydrogen-bond donors (Lipinski definition) is 1. The first kappa shape index (κ1) is 19.5. The van der Waals surface area contributed by atoms with Crippen molar-refractivity contribution in [2.75, 3.05) is 18.5 Å². The first-order valence-electron chi connectivity index (χ1n) is 9.55. The Morgan fingerprint density at radius 1 is 0.821 bits per heavy atom. The third kappa shape index (κ3) is 5.88. The molecule has 0 radical (unpaired) electrons. The maximum Gasteiger partial charge on any atom is 0.255 e. The van der Waals surface area contributed by atoms with Crippen molar-refractivity contribution in [2.24, 2.45) is 0 Å². The number of carbonyl (C=O) groups excluding carboxylic acids is 1. The number of nitrogens with one attached hydrogen (secondary N) is 1. The Kier molecular flexibility index (Phi) is 7.08. The van der Waals surface area contributed by atoms with Crippen LogP contribution in [0.15, 0.2) is 78.9 Å². The molecule has 28 heavy (non-hydrogen) atoms. The van der Waals surface area contributed by atoms with E-state index < -0.39 is 0 Å². The Balaban J connectivity index is 1.51. The molecule has 0 spiro atoms. The predicted molar refractivity (Wildman–Crippen MR) is 112 cm³/mol. The number of rotatable bonds is 9. The van der Waals surface area contributed by atoms with Gasteiger partial charge in [-0.2, -0.15) is 0 Å². The molecular weight excluding hydrogens is 350 g/mol. The summed E-state index contributed by atoms with van der Waals surface area (Å²) < 4.78 is 11.4. The van der Waals surface area contributed by atoms with Gasteiger partial charge in [0.05, 0.1) is 13.2 Å². The van der Waals surface area contributed by atoms with Crippen molar-refractivity contribution in [1.29, 1.82) is 0 Å². The smallest absolute Gasteiger partial charge is 0.255 e. The summed E-state index contributed by atoms with van der Waals surface area (Å²) in [5.74, 6) is 1.32. The average Bonchev–Trinajstić information content (AvgIpc) is 2.74. The zero-order valence-electron chi connectivity index (χ0n) is 16.1. The summed E-state index contributed by atoms with van der Waals surface area (Å²) >= 11 is 0. The number of anilines is 1. The number of carbonyl (C=O) groups is 1. The Morgan fingerprint density at radius 3 is 2.32 bits per heavy atom. The summed E-state index contributed by atoms with van der Waals surface area (Å²) in [5.41, 5.74) is 2.54. The molecule has 0 heterocycles. The standard InChI is InChI=1S/C24H25NO3/c1-2-16-27-23-10-6-9-20(18-23)24(26)25-21-11-13-22(14-12-21)28-17-15-19-7-4-3-5-8-19/h3-14,18H,2,15-17H2,1H3,(H,25,26). The van der Waals surface area contributed by atoms with Crippen molar-refractivity contribution in [3.05, 3.63) is 90.0 Å². The topological polar surface area (TPSA) is 47.6 Å². The maximum atomic E-state index is 12.5. The Labute approximate surface area is 166 Å². The fourth-order valence-electron chi connectivity index (χ4n) is 2.72. The molecule has 1 N–H and O–H groups in total. The van der Waals surface area contributed by atoms with E-state index in [0.29, 0.717) is 24.5 Å². The Bertz CT molecular complexity index is 876. The van der Waals surface area contributed by atoms with Gasteiger partial charge in [-0.3, -0.25) is 4.79 Å². The minimum absolute atomic E-state index is 0.167. The lowest BCUT2D eigenvalue weighted by Gasteiger charge is -2.10. The van der Waals surface area contributed by atoms with Gasteiger partial charge in [0, 0.05) is 17.7 Å². The second-order valence-electron chi connectivity index (χ2n) is 6.44. The summed E-state index contributed by atoms with van der Waals surface area (Å²) in [7, 11) is 0. The summed E-state index contributed by atoms with van der Waals surface area (Å²) in [4.78, 5) is 12.5. The number of ether oxygens (including phenoxy) is 2. The zero-order chi connectivity index (χ0) is 19.6. The van der Waals surface area contributed by atoms with Crippen LogP contribution in [0.3, 0.4) is 0 Å². The lowest BCUT2D eigenvalue weighted by Crippen LogP contribution is -2.12. The molecule has 3 aromatic rings. The van der Waals surface area contributed by atoms with Crippen molar-refractivity contribution in [2.45, 2.75) is 19.8 Å². The largest absolute Gasteiger partial charge is 0.494 e. The maximum absolute atomic E-state index is 12.5. The summed E-state index contributed by atoms with van der Waals surface area (Å²) in [5, 5.41) is 2.90. The highest BCUT2D eigenvalue weighted by Gasteiger charge is 2.07. The van der Waals surface area contributed by atoms with E-state index >= 15 is 0 Å². The van der Waals surface area contributed by atoms with Gasteiger partial charge in [0.15, 0.2) is 0 Å². The Morgan fingerprint density at radius 2 is 1.57 bits per heavy atom. The van der Waals surface area contributed by atoms with Crippen LogP contribution in [-0.4, -0.2) is 19.1 Å². The SMILES string of the molecule is CCCOc1cccc(C(=O)Nc2ccc(OCCc3ccccc3)cc2)c1. The number of amides is 1. The molecule has 0 aromatic heterocycles. The van der Waals surface area contributed by atoms with E-state index in [-0.39, 0.29) is 5.91 Å². The van der Waals surface area contributed by atoms with Gasteiger partial charge in [-0.05, 0) is 54.4 Å². The summed E-state index contributed by atoms with van der Waals surface area (Å²) in [6.07, 6.45) is 1.78. The van der Waals surface area contributed by atoms with Crippen LogP contribution in [0, 0.1) is 0 Å². The lowest BCUT2D eigenvalue weighted by molar-refractivity contribution is 0.102. The molecule has 3 rings (SSSR count). The van der Waals surface area contributed by atoms with Crippen LogP contribution < -0.4 is 14.8 Å². The van der Waals surface area contributed by atoms with Crippen LogP contribution in [0.4, 0.5) is 5.69 Å². The molecule has 4 heteroatoms. The fourth-order valence-corrected chi connectivity index (χ4v) is 2.72. The average molecular weight is 375 g/mol. The zero-order valence-corrected chi connectivity index (χ0v) is 16.1. The molecule has 0 aliphatic carbocycles. The van der Waals surface area contributed by atoms with Crippen LogP contribution >= 0.6 is 0 Å². The molecule has 0 fully saturated rings. The molecule has 0 aliphatic heterocycles. The molecular formula is C24H25NO3. The van der Waals surface area contributed by atoms with E-state index in [1.807, 2.05) is 61.5 Å². The minimum Gasteiger partial charge on any atom is -0.494 e. The highest BCUT2D eigenvalue weighted by molar-refractivity contribution is 6.04. The van der Waals surface area contributed by atoms with Crippen molar-refractivity contribution in [3.8, 4) is 11.5 Å². The van der Waals surface area contributed by atoms with Crippen LogP contribution in [0.2, 0.25) is 0 Å². The van der Waals surface area contributed by atoms with E-state index in [1.54, 1.807) is 12.1 Å². The highest BCUT2D eigenvalue weighted by Crippen LogP contribution is 2.18. The van der Waals surface area contributed by atoms with Crippen molar-refractivity contribution >= 4 is 11.6 Å². The lowest BCUT2D eigenvalue weighted by atomic mass is 10.2. The molecule has 0 unspecified atom stereocenters. The van der Waals surface area contributed by atoms with Gasteiger partial charge in [-0.25, -0.2) is 0 Å². The van der Waals surface area contributed by atoms with Gasteiger partial charge in [-0.15, -0.1) is 0 Å².